The Bertz CT molecular complexity index is 1490. The van der Waals surface area contributed by atoms with Crippen LogP contribution in [0.1, 0.15) is 18.4 Å². The Morgan fingerprint density at radius 1 is 1.11 bits per heavy atom. The molecule has 0 unspecified atom stereocenters. The predicted molar refractivity (Wildman–Crippen MR) is 131 cm³/mol. The van der Waals surface area contributed by atoms with Gasteiger partial charge < -0.3 is 14.1 Å². The SMILES string of the molecule is COC(=O)C1=C(C)N(c2ccc(F)cc2)/C(=C/c2ccc(CNS(=O)(=O)c3ccc(Cl)cc3)o2)C1=O. The molecule has 1 aliphatic rings. The number of Topliss-reactive ketones (excluding diaryl/α,β-unsaturated/α-hetero) is 1. The van der Waals surface area contributed by atoms with E-state index in [1.54, 1.807) is 19.1 Å². The topological polar surface area (TPSA) is 106 Å². The molecular weight excluding hydrogens is 511 g/mol. The Balaban J connectivity index is 1.61. The van der Waals surface area contributed by atoms with Crippen molar-refractivity contribution in [2.75, 3.05) is 12.0 Å². The van der Waals surface area contributed by atoms with Crippen LogP contribution in [0.2, 0.25) is 5.02 Å². The molecule has 2 aromatic carbocycles. The van der Waals surface area contributed by atoms with Crippen LogP contribution in [0.5, 0.6) is 0 Å². The number of benzene rings is 2. The fourth-order valence-corrected chi connectivity index (χ4v) is 4.77. The summed E-state index contributed by atoms with van der Waals surface area (Å²) in [4.78, 5) is 26.9. The van der Waals surface area contributed by atoms with Crippen molar-refractivity contribution in [3.63, 3.8) is 0 Å². The van der Waals surface area contributed by atoms with E-state index in [0.29, 0.717) is 16.4 Å². The smallest absolute Gasteiger partial charge is 0.343 e. The van der Waals surface area contributed by atoms with Gasteiger partial charge in [-0.3, -0.25) is 4.79 Å². The molecule has 2 heterocycles. The highest BCUT2D eigenvalue weighted by atomic mass is 35.5. The van der Waals surface area contributed by atoms with Gasteiger partial charge in [-0.15, -0.1) is 0 Å². The highest BCUT2D eigenvalue weighted by Crippen LogP contribution is 2.36. The van der Waals surface area contributed by atoms with Crippen LogP contribution >= 0.6 is 11.6 Å². The van der Waals surface area contributed by atoms with Gasteiger partial charge in [-0.25, -0.2) is 22.3 Å². The van der Waals surface area contributed by atoms with E-state index in [0.717, 1.165) is 0 Å². The van der Waals surface area contributed by atoms with Crippen LogP contribution in [0.3, 0.4) is 0 Å². The molecule has 0 saturated carbocycles. The third kappa shape index (κ3) is 5.11. The molecule has 8 nitrogen and oxygen atoms in total. The van der Waals surface area contributed by atoms with Gasteiger partial charge in [0.25, 0.3) is 0 Å². The maximum Gasteiger partial charge on any atom is 0.343 e. The van der Waals surface area contributed by atoms with E-state index in [-0.39, 0.29) is 34.2 Å². The number of carbonyl (C=O) groups is 2. The lowest BCUT2D eigenvalue weighted by Crippen LogP contribution is -2.22. The van der Waals surface area contributed by atoms with E-state index in [1.807, 2.05) is 0 Å². The van der Waals surface area contributed by atoms with Crippen molar-refractivity contribution in [1.82, 2.24) is 4.72 Å². The predicted octanol–water partition coefficient (Wildman–Crippen LogP) is 4.43. The fourth-order valence-electron chi connectivity index (χ4n) is 3.65. The summed E-state index contributed by atoms with van der Waals surface area (Å²) in [6.07, 6.45) is 1.42. The molecule has 0 fully saturated rings. The lowest BCUT2D eigenvalue weighted by Gasteiger charge is -2.21. The minimum absolute atomic E-state index is 0.0455. The highest BCUT2D eigenvalue weighted by molar-refractivity contribution is 7.89. The Hall–Kier alpha value is -3.73. The van der Waals surface area contributed by atoms with E-state index < -0.39 is 27.6 Å². The number of anilines is 1. The summed E-state index contributed by atoms with van der Waals surface area (Å²) in [6.45, 7) is 1.43. The summed E-state index contributed by atoms with van der Waals surface area (Å²) in [6, 6.07) is 14.2. The number of nitrogens with one attached hydrogen (secondary N) is 1. The summed E-state index contributed by atoms with van der Waals surface area (Å²) in [5.74, 6) is -1.32. The van der Waals surface area contributed by atoms with Crippen LogP contribution in [0.15, 0.2) is 86.9 Å². The fraction of sp³-hybridized carbons (Fsp3) is 0.120. The average molecular weight is 531 g/mol. The monoisotopic (exact) mass is 530 g/mol. The maximum absolute atomic E-state index is 13.5. The summed E-state index contributed by atoms with van der Waals surface area (Å²) >= 11 is 5.81. The van der Waals surface area contributed by atoms with E-state index in [9.17, 15) is 22.4 Å². The van der Waals surface area contributed by atoms with Gasteiger partial charge in [0.2, 0.25) is 15.8 Å². The van der Waals surface area contributed by atoms with Gasteiger partial charge in [0.05, 0.1) is 24.2 Å². The molecule has 0 amide bonds. The van der Waals surface area contributed by atoms with E-state index >= 15 is 0 Å². The second-order valence-electron chi connectivity index (χ2n) is 7.71. The van der Waals surface area contributed by atoms with Crippen molar-refractivity contribution < 1.29 is 31.6 Å². The number of ether oxygens (including phenoxy) is 1. The first kappa shape index (κ1) is 25.4. The van der Waals surface area contributed by atoms with Crippen LogP contribution in [-0.2, 0) is 30.9 Å². The molecule has 0 atom stereocenters. The van der Waals surface area contributed by atoms with Gasteiger partial charge in [-0.1, -0.05) is 11.6 Å². The lowest BCUT2D eigenvalue weighted by molar-refractivity contribution is -0.137. The summed E-state index contributed by atoms with van der Waals surface area (Å²) < 4.78 is 51.4. The molecule has 4 rings (SSSR count). The zero-order valence-electron chi connectivity index (χ0n) is 19.1. The number of halogens is 2. The second-order valence-corrected chi connectivity index (χ2v) is 9.91. The second kappa shape index (κ2) is 10.1. The molecule has 0 radical (unpaired) electrons. The Morgan fingerprint density at radius 2 is 1.78 bits per heavy atom. The lowest BCUT2D eigenvalue weighted by atomic mass is 10.1. The number of hydrogen-bond acceptors (Lipinski definition) is 7. The summed E-state index contributed by atoms with van der Waals surface area (Å²) in [7, 11) is -2.64. The first-order valence-corrected chi connectivity index (χ1v) is 12.4. The van der Waals surface area contributed by atoms with Crippen molar-refractivity contribution in [3.05, 3.63) is 100.0 Å². The van der Waals surface area contributed by atoms with Crippen LogP contribution in [-0.4, -0.2) is 27.3 Å². The largest absolute Gasteiger partial charge is 0.465 e. The van der Waals surface area contributed by atoms with Crippen molar-refractivity contribution in [2.45, 2.75) is 18.4 Å². The van der Waals surface area contributed by atoms with Crippen LogP contribution in [0.4, 0.5) is 10.1 Å². The Labute approximate surface area is 211 Å². The maximum atomic E-state index is 13.5. The quantitative estimate of drug-likeness (QED) is 0.274. The molecule has 0 bridgehead atoms. The molecule has 1 N–H and O–H groups in total. The van der Waals surface area contributed by atoms with Crippen LogP contribution in [0, 0.1) is 5.82 Å². The first-order valence-electron chi connectivity index (χ1n) is 10.6. The van der Waals surface area contributed by atoms with Crippen molar-refractivity contribution in [3.8, 4) is 0 Å². The summed E-state index contributed by atoms with van der Waals surface area (Å²) in [5, 5.41) is 0.411. The Morgan fingerprint density at radius 3 is 2.42 bits per heavy atom. The zero-order valence-corrected chi connectivity index (χ0v) is 20.7. The van der Waals surface area contributed by atoms with Crippen LogP contribution < -0.4 is 9.62 Å². The van der Waals surface area contributed by atoms with Gasteiger partial charge in [-0.2, -0.15) is 0 Å². The standard InChI is InChI=1S/C25H20ClFN2O6S/c1-15-23(25(31)34-2)24(30)22(29(15)18-7-5-17(27)6-8-18)13-19-9-10-20(35-19)14-28-36(32,33)21-11-3-16(26)4-12-21/h3-13,28H,14H2,1-2H3/b22-13+. The minimum atomic E-state index is -3.81. The molecular formula is C25H20ClFN2O6S. The molecule has 1 aromatic heterocycles. The van der Waals surface area contributed by atoms with E-state index in [1.165, 1.54) is 66.6 Å². The number of allylic oxidation sites excluding steroid dienone is 2. The number of esters is 1. The van der Waals surface area contributed by atoms with Crippen LogP contribution in [0.25, 0.3) is 6.08 Å². The van der Waals surface area contributed by atoms with Gasteiger partial charge in [0.15, 0.2) is 0 Å². The van der Waals surface area contributed by atoms with Crippen molar-refractivity contribution >= 4 is 45.1 Å². The molecule has 11 heteroatoms. The molecule has 3 aromatic rings. The summed E-state index contributed by atoms with van der Waals surface area (Å²) in [5.41, 5.74) is 0.694. The number of furan rings is 1. The normalized spacial score (nSPS) is 15.2. The highest BCUT2D eigenvalue weighted by Gasteiger charge is 2.38. The van der Waals surface area contributed by atoms with Crippen molar-refractivity contribution in [1.29, 1.82) is 0 Å². The van der Waals surface area contributed by atoms with Crippen molar-refractivity contribution in [2.24, 2.45) is 0 Å². The van der Waals surface area contributed by atoms with E-state index in [4.69, 9.17) is 20.8 Å². The number of rotatable bonds is 7. The number of methoxy groups -OCH3 is 1. The number of hydrogen-bond donors (Lipinski definition) is 1. The third-order valence-electron chi connectivity index (χ3n) is 5.39. The molecule has 0 spiro atoms. The average Bonchev–Trinajstić information content (AvgIpc) is 3.40. The number of sulfonamides is 1. The molecule has 0 saturated heterocycles. The number of carbonyl (C=O) groups excluding carboxylic acids is 2. The van der Waals surface area contributed by atoms with Gasteiger partial charge in [0.1, 0.15) is 22.9 Å². The molecule has 186 valence electrons. The van der Waals surface area contributed by atoms with E-state index in [2.05, 4.69) is 4.72 Å². The number of ketones is 1. The molecule has 36 heavy (non-hydrogen) atoms. The van der Waals surface area contributed by atoms with Gasteiger partial charge >= 0.3 is 5.97 Å². The molecule has 1 aliphatic heterocycles. The van der Waals surface area contributed by atoms with Gasteiger partial charge in [0, 0.05) is 22.5 Å². The minimum Gasteiger partial charge on any atom is -0.465 e. The third-order valence-corrected chi connectivity index (χ3v) is 7.06. The Kier molecular flexibility index (Phi) is 7.11. The number of nitrogens with zero attached hydrogens (tertiary/aromatic N) is 1. The molecule has 0 aliphatic carbocycles. The van der Waals surface area contributed by atoms with Gasteiger partial charge in [-0.05, 0) is 67.6 Å². The first-order chi connectivity index (χ1) is 17.1. The zero-order chi connectivity index (χ0) is 26.0.